The molecule has 0 radical (unpaired) electrons. The van der Waals surface area contributed by atoms with Gasteiger partial charge in [-0.15, -0.1) is 0 Å². The molecule has 0 aliphatic heterocycles. The van der Waals surface area contributed by atoms with E-state index in [4.69, 9.17) is 0 Å². The molecule has 1 rings (SSSR count). The largest absolute Gasteiger partial charge is 0.279 e. The number of nitrogens with zero attached hydrogens (tertiary/aromatic N) is 1. The van der Waals surface area contributed by atoms with Gasteiger partial charge < -0.3 is 0 Å². The van der Waals surface area contributed by atoms with Gasteiger partial charge >= 0.3 is 0 Å². The molecule has 0 atom stereocenters. The van der Waals surface area contributed by atoms with Crippen molar-refractivity contribution in [1.82, 2.24) is 0 Å². The smallest absolute Gasteiger partial charge is 0.0590 e. The van der Waals surface area contributed by atoms with Gasteiger partial charge in [-0.1, -0.05) is 18.2 Å². The van der Waals surface area contributed by atoms with Crippen molar-refractivity contribution in [3.05, 3.63) is 29.8 Å². The summed E-state index contributed by atoms with van der Waals surface area (Å²) in [4.78, 5) is 0. The van der Waals surface area contributed by atoms with E-state index in [9.17, 15) is 0 Å². The molecule has 52 valence electrons. The maximum absolute atomic E-state index is 3.57. The minimum Gasteiger partial charge on any atom is -0.279 e. The third-order valence-corrected chi connectivity index (χ3v) is 1.34. The molecule has 0 saturated heterocycles. The second kappa shape index (κ2) is 3.01. The van der Waals surface area contributed by atoms with E-state index in [-0.39, 0.29) is 0 Å². The van der Waals surface area contributed by atoms with E-state index in [1.54, 1.807) is 0 Å². The lowest BCUT2D eigenvalue weighted by molar-refractivity contribution is 1.32. The highest BCUT2D eigenvalue weighted by Crippen LogP contribution is 2.11. The number of aryl methyl sites for hydroxylation is 1. The van der Waals surface area contributed by atoms with Crippen LogP contribution in [0.3, 0.4) is 0 Å². The van der Waals surface area contributed by atoms with Gasteiger partial charge in [0, 0.05) is 6.72 Å². The van der Waals surface area contributed by atoms with Gasteiger partial charge in [0.25, 0.3) is 0 Å². The van der Waals surface area contributed by atoms with Crippen LogP contribution in [0.4, 0.5) is 5.69 Å². The van der Waals surface area contributed by atoms with Gasteiger partial charge in [0.05, 0.1) is 5.69 Å². The molecule has 0 aromatic heterocycles. The van der Waals surface area contributed by atoms with Crippen LogP contribution in [0.15, 0.2) is 29.4 Å². The first kappa shape index (κ1) is 6.81. The third-order valence-electron chi connectivity index (χ3n) is 1.34. The van der Waals surface area contributed by atoms with E-state index < -0.39 is 0 Å². The summed E-state index contributed by atoms with van der Waals surface area (Å²) in [5.74, 6) is 0. The normalized spacial score (nSPS) is 8.90. The zero-order valence-corrected chi connectivity index (χ0v) is 5.96. The first-order chi connectivity index (χ1) is 4.84. The Bertz CT molecular complexity index is 230. The molecule has 0 amide bonds. The fourth-order valence-electron chi connectivity index (χ4n) is 0.784. The van der Waals surface area contributed by atoms with Crippen LogP contribution in [-0.4, -0.2) is 6.72 Å². The molecule has 0 heterocycles. The minimum absolute atomic E-state index is 1.01. The number of hydrogen-bond donors (Lipinski definition) is 1. The van der Waals surface area contributed by atoms with Crippen molar-refractivity contribution in [1.29, 1.82) is 0 Å². The molecule has 1 N–H and O–H groups in total. The van der Waals surface area contributed by atoms with Crippen LogP contribution in [-0.2, 0) is 0 Å². The van der Waals surface area contributed by atoms with Gasteiger partial charge in [-0.25, -0.2) is 0 Å². The molecule has 1 aromatic rings. The van der Waals surface area contributed by atoms with Gasteiger partial charge in [-0.3, -0.25) is 5.43 Å². The molecular weight excluding hydrogens is 124 g/mol. The van der Waals surface area contributed by atoms with Crippen molar-refractivity contribution >= 4 is 12.4 Å². The molecule has 0 bridgehead atoms. The molecule has 2 nitrogen and oxygen atoms in total. The molecule has 0 aliphatic rings. The van der Waals surface area contributed by atoms with E-state index in [1.807, 2.05) is 31.2 Å². The quantitative estimate of drug-likeness (QED) is 0.485. The first-order valence-corrected chi connectivity index (χ1v) is 3.12. The van der Waals surface area contributed by atoms with E-state index >= 15 is 0 Å². The summed E-state index contributed by atoms with van der Waals surface area (Å²) in [6.07, 6.45) is 0. The maximum atomic E-state index is 3.57. The van der Waals surface area contributed by atoms with Gasteiger partial charge in [-0.05, 0) is 18.6 Å². The zero-order chi connectivity index (χ0) is 7.40. The number of para-hydroxylation sites is 1. The Labute approximate surface area is 60.6 Å². The van der Waals surface area contributed by atoms with Crippen molar-refractivity contribution in [3.8, 4) is 0 Å². The monoisotopic (exact) mass is 134 g/mol. The number of rotatable bonds is 2. The van der Waals surface area contributed by atoms with Gasteiger partial charge in [0.1, 0.15) is 0 Å². The summed E-state index contributed by atoms with van der Waals surface area (Å²) in [5, 5.41) is 3.57. The van der Waals surface area contributed by atoms with Crippen LogP contribution in [0.5, 0.6) is 0 Å². The van der Waals surface area contributed by atoms with E-state index in [0.717, 1.165) is 5.69 Å². The van der Waals surface area contributed by atoms with Crippen molar-refractivity contribution in [3.63, 3.8) is 0 Å². The van der Waals surface area contributed by atoms with E-state index in [2.05, 4.69) is 17.2 Å². The standard InChI is InChI=1S/C8H10N2/c1-7-5-3-4-6-8(7)10-9-2/h3-6,10H,2H2,1H3. The molecule has 0 aliphatic carbocycles. The summed E-state index contributed by atoms with van der Waals surface area (Å²) in [6.45, 7) is 5.36. The maximum Gasteiger partial charge on any atom is 0.0590 e. The summed E-state index contributed by atoms with van der Waals surface area (Å²) in [6, 6.07) is 7.93. The first-order valence-electron chi connectivity index (χ1n) is 3.12. The molecule has 0 saturated carbocycles. The number of nitrogens with one attached hydrogen (secondary N) is 1. The second-order valence-electron chi connectivity index (χ2n) is 2.08. The van der Waals surface area contributed by atoms with Crippen molar-refractivity contribution < 1.29 is 0 Å². The Kier molecular flexibility index (Phi) is 2.05. The second-order valence-corrected chi connectivity index (χ2v) is 2.08. The highest BCUT2D eigenvalue weighted by molar-refractivity contribution is 5.50. The molecule has 0 fully saturated rings. The number of anilines is 1. The van der Waals surface area contributed by atoms with Gasteiger partial charge in [-0.2, -0.15) is 5.10 Å². The Hall–Kier alpha value is -1.31. The zero-order valence-electron chi connectivity index (χ0n) is 5.96. The highest BCUT2D eigenvalue weighted by atomic mass is 15.3. The van der Waals surface area contributed by atoms with Crippen LogP contribution in [0.2, 0.25) is 0 Å². The average Bonchev–Trinajstić information content (AvgIpc) is 1.94. The van der Waals surface area contributed by atoms with Crippen LogP contribution in [0, 0.1) is 6.92 Å². The molecule has 0 spiro atoms. The van der Waals surface area contributed by atoms with E-state index in [0.29, 0.717) is 0 Å². The summed E-state index contributed by atoms with van der Waals surface area (Å²) in [7, 11) is 0. The predicted octanol–water partition coefficient (Wildman–Crippen LogP) is 2.02. The number of benzene rings is 1. The summed E-state index contributed by atoms with van der Waals surface area (Å²) < 4.78 is 0. The fraction of sp³-hybridized carbons (Fsp3) is 0.125. The fourth-order valence-corrected chi connectivity index (χ4v) is 0.784. The average molecular weight is 134 g/mol. The summed E-state index contributed by atoms with van der Waals surface area (Å²) >= 11 is 0. The number of hydrogen-bond acceptors (Lipinski definition) is 2. The highest BCUT2D eigenvalue weighted by Gasteiger charge is 1.90. The topological polar surface area (TPSA) is 24.4 Å². The van der Waals surface area contributed by atoms with Gasteiger partial charge in [0.15, 0.2) is 0 Å². The van der Waals surface area contributed by atoms with E-state index in [1.165, 1.54) is 5.56 Å². The molecule has 10 heavy (non-hydrogen) atoms. The lowest BCUT2D eigenvalue weighted by Crippen LogP contribution is -1.88. The van der Waals surface area contributed by atoms with Crippen LogP contribution < -0.4 is 5.43 Å². The minimum atomic E-state index is 1.01. The van der Waals surface area contributed by atoms with Crippen molar-refractivity contribution in [2.75, 3.05) is 5.43 Å². The lowest BCUT2D eigenvalue weighted by Gasteiger charge is -2.01. The molecular formula is C8H10N2. The molecule has 1 aromatic carbocycles. The van der Waals surface area contributed by atoms with Crippen molar-refractivity contribution in [2.24, 2.45) is 5.10 Å². The Morgan fingerprint density at radius 1 is 1.40 bits per heavy atom. The SMILES string of the molecule is C=NNc1ccccc1C. The molecule has 2 heteroatoms. The lowest BCUT2D eigenvalue weighted by atomic mass is 10.2. The van der Waals surface area contributed by atoms with Crippen LogP contribution in [0.25, 0.3) is 0 Å². The Balaban J connectivity index is 2.91. The third kappa shape index (κ3) is 1.35. The summed E-state index contributed by atoms with van der Waals surface area (Å²) in [5.41, 5.74) is 4.98. The van der Waals surface area contributed by atoms with Crippen LogP contribution >= 0.6 is 0 Å². The van der Waals surface area contributed by atoms with Gasteiger partial charge in [0.2, 0.25) is 0 Å². The Morgan fingerprint density at radius 2 is 2.10 bits per heavy atom. The Morgan fingerprint density at radius 3 is 2.70 bits per heavy atom. The van der Waals surface area contributed by atoms with Crippen molar-refractivity contribution in [2.45, 2.75) is 6.92 Å². The van der Waals surface area contributed by atoms with Crippen LogP contribution in [0.1, 0.15) is 5.56 Å². The molecule has 0 unspecified atom stereocenters. The number of hydrazone groups is 1. The predicted molar refractivity (Wildman–Crippen MR) is 44.4 cm³/mol.